The van der Waals surface area contributed by atoms with Gasteiger partial charge < -0.3 is 5.32 Å². The Hall–Kier alpha value is -2.24. The van der Waals surface area contributed by atoms with Crippen LogP contribution in [0.1, 0.15) is 37.8 Å². The molecule has 1 aliphatic carbocycles. The maximum Gasteiger partial charge on any atom is 0.224 e. The van der Waals surface area contributed by atoms with Gasteiger partial charge in [0.25, 0.3) is 0 Å². The van der Waals surface area contributed by atoms with Crippen LogP contribution in [0.4, 0.5) is 14.5 Å². The summed E-state index contributed by atoms with van der Waals surface area (Å²) in [4.78, 5) is 12.2. The largest absolute Gasteiger partial charge is 0.323 e. The molecule has 0 spiro atoms. The highest BCUT2D eigenvalue weighted by Gasteiger charge is 2.21. The van der Waals surface area contributed by atoms with Gasteiger partial charge in [0.05, 0.1) is 11.4 Å². The van der Waals surface area contributed by atoms with Crippen LogP contribution in [0.15, 0.2) is 18.2 Å². The van der Waals surface area contributed by atoms with Crippen LogP contribution in [0, 0.1) is 24.5 Å². The first kappa shape index (κ1) is 15.6. The summed E-state index contributed by atoms with van der Waals surface area (Å²) >= 11 is 0. The number of H-pyrrole nitrogens is 1. The van der Waals surface area contributed by atoms with Crippen molar-refractivity contribution in [1.29, 1.82) is 0 Å². The van der Waals surface area contributed by atoms with Gasteiger partial charge in [-0.25, -0.2) is 8.78 Å². The van der Waals surface area contributed by atoms with E-state index in [1.807, 2.05) is 0 Å². The van der Waals surface area contributed by atoms with Crippen LogP contribution >= 0.6 is 0 Å². The van der Waals surface area contributed by atoms with Gasteiger partial charge in [0, 0.05) is 12.0 Å². The Labute approximate surface area is 133 Å². The van der Waals surface area contributed by atoms with Crippen LogP contribution in [0.25, 0.3) is 11.3 Å². The second-order valence-corrected chi connectivity index (χ2v) is 6.10. The van der Waals surface area contributed by atoms with E-state index in [1.54, 1.807) is 6.92 Å². The molecule has 4 nitrogen and oxygen atoms in total. The number of hydrogen-bond donors (Lipinski definition) is 2. The molecule has 1 aromatic carbocycles. The summed E-state index contributed by atoms with van der Waals surface area (Å²) < 4.78 is 26.5. The lowest BCUT2D eigenvalue weighted by Crippen LogP contribution is -2.15. The predicted octanol–water partition coefficient (Wildman–Crippen LogP) is 4.18. The van der Waals surface area contributed by atoms with Gasteiger partial charge in [-0.05, 0) is 43.9 Å². The smallest absolute Gasteiger partial charge is 0.224 e. The van der Waals surface area contributed by atoms with E-state index in [0.717, 1.165) is 25.0 Å². The number of aromatic amines is 1. The molecule has 0 saturated heterocycles. The lowest BCUT2D eigenvalue weighted by Gasteiger charge is -2.10. The molecular weight excluding hydrogens is 300 g/mol. The maximum atomic E-state index is 13.4. The molecule has 3 rings (SSSR count). The standard InChI is InChI=1S/C17H19F2N3O/c1-10-16(20-15(23)8-11-4-2-3-5-11)17(22-21-10)12-6-7-13(18)14(19)9-12/h6-7,9,11H,2-5,8H2,1H3,(H,20,23)(H,21,22). The van der Waals surface area contributed by atoms with E-state index < -0.39 is 11.6 Å². The summed E-state index contributed by atoms with van der Waals surface area (Å²) in [6, 6.07) is 3.58. The zero-order valence-electron chi connectivity index (χ0n) is 13.0. The second-order valence-electron chi connectivity index (χ2n) is 6.10. The van der Waals surface area contributed by atoms with Gasteiger partial charge in [0.1, 0.15) is 5.69 Å². The summed E-state index contributed by atoms with van der Waals surface area (Å²) in [5.74, 6) is -1.47. The van der Waals surface area contributed by atoms with Gasteiger partial charge in [0.15, 0.2) is 11.6 Å². The lowest BCUT2D eigenvalue weighted by molar-refractivity contribution is -0.117. The fourth-order valence-corrected chi connectivity index (χ4v) is 3.10. The third-order valence-electron chi connectivity index (χ3n) is 4.35. The van der Waals surface area contributed by atoms with E-state index in [9.17, 15) is 13.6 Å². The molecule has 0 unspecified atom stereocenters. The van der Waals surface area contributed by atoms with Crippen molar-refractivity contribution in [2.24, 2.45) is 5.92 Å². The van der Waals surface area contributed by atoms with Crippen molar-refractivity contribution >= 4 is 11.6 Å². The minimum Gasteiger partial charge on any atom is -0.323 e. The molecular formula is C17H19F2N3O. The average Bonchev–Trinajstić information content (AvgIpc) is 3.13. The SMILES string of the molecule is Cc1[nH]nc(-c2ccc(F)c(F)c2)c1NC(=O)CC1CCCC1. The molecule has 0 bridgehead atoms. The number of benzene rings is 1. The topological polar surface area (TPSA) is 57.8 Å². The summed E-state index contributed by atoms with van der Waals surface area (Å²) in [6.45, 7) is 1.78. The van der Waals surface area contributed by atoms with Crippen LogP contribution in [0.3, 0.4) is 0 Å². The molecule has 1 heterocycles. The van der Waals surface area contributed by atoms with Gasteiger partial charge in [-0.3, -0.25) is 9.89 Å². The minimum atomic E-state index is -0.939. The number of hydrogen-bond acceptors (Lipinski definition) is 2. The normalized spacial score (nSPS) is 15.1. The van der Waals surface area contributed by atoms with Gasteiger partial charge in [-0.2, -0.15) is 5.10 Å². The Morgan fingerprint density at radius 1 is 1.30 bits per heavy atom. The third-order valence-corrected chi connectivity index (χ3v) is 4.35. The van der Waals surface area contributed by atoms with Crippen molar-refractivity contribution in [2.75, 3.05) is 5.32 Å². The van der Waals surface area contributed by atoms with E-state index >= 15 is 0 Å². The predicted molar refractivity (Wildman–Crippen MR) is 83.9 cm³/mol. The Bertz CT molecular complexity index is 721. The number of aromatic nitrogens is 2. The van der Waals surface area contributed by atoms with Crippen molar-refractivity contribution in [2.45, 2.75) is 39.0 Å². The van der Waals surface area contributed by atoms with Crippen LogP contribution < -0.4 is 5.32 Å². The Morgan fingerprint density at radius 3 is 2.74 bits per heavy atom. The first-order chi connectivity index (χ1) is 11.0. The number of rotatable bonds is 4. The number of nitrogens with zero attached hydrogens (tertiary/aromatic N) is 1. The van der Waals surface area contributed by atoms with Crippen molar-refractivity contribution in [3.8, 4) is 11.3 Å². The zero-order valence-corrected chi connectivity index (χ0v) is 13.0. The molecule has 0 radical (unpaired) electrons. The summed E-state index contributed by atoms with van der Waals surface area (Å²) in [5, 5.41) is 9.77. The second kappa shape index (κ2) is 6.48. The minimum absolute atomic E-state index is 0.0646. The summed E-state index contributed by atoms with van der Waals surface area (Å²) in [6.07, 6.45) is 5.04. The molecule has 1 aliphatic rings. The number of amides is 1. The number of nitrogens with one attached hydrogen (secondary N) is 2. The molecule has 2 N–H and O–H groups in total. The van der Waals surface area contributed by atoms with E-state index in [2.05, 4.69) is 15.5 Å². The Balaban J connectivity index is 1.80. The molecule has 6 heteroatoms. The molecule has 1 saturated carbocycles. The van der Waals surface area contributed by atoms with E-state index in [4.69, 9.17) is 0 Å². The van der Waals surface area contributed by atoms with Gasteiger partial charge in [0.2, 0.25) is 5.91 Å². The quantitative estimate of drug-likeness (QED) is 0.888. The third kappa shape index (κ3) is 3.41. The molecule has 0 atom stereocenters. The van der Waals surface area contributed by atoms with Gasteiger partial charge in [-0.15, -0.1) is 0 Å². The van der Waals surface area contributed by atoms with Crippen LogP contribution in [-0.4, -0.2) is 16.1 Å². The number of carbonyl (C=O) groups is 1. The maximum absolute atomic E-state index is 13.4. The van der Waals surface area contributed by atoms with E-state index in [-0.39, 0.29) is 5.91 Å². The molecule has 122 valence electrons. The Kier molecular flexibility index (Phi) is 4.41. The number of anilines is 1. The zero-order chi connectivity index (χ0) is 16.4. The lowest BCUT2D eigenvalue weighted by atomic mass is 10.0. The van der Waals surface area contributed by atoms with E-state index in [1.165, 1.54) is 18.9 Å². The molecule has 1 aromatic heterocycles. The van der Waals surface area contributed by atoms with Gasteiger partial charge in [-0.1, -0.05) is 12.8 Å². The molecule has 1 amide bonds. The van der Waals surface area contributed by atoms with Gasteiger partial charge >= 0.3 is 0 Å². The van der Waals surface area contributed by atoms with Crippen LogP contribution in [0.5, 0.6) is 0 Å². The monoisotopic (exact) mass is 319 g/mol. The highest BCUT2D eigenvalue weighted by molar-refractivity contribution is 5.95. The van der Waals surface area contributed by atoms with Crippen LogP contribution in [-0.2, 0) is 4.79 Å². The first-order valence-corrected chi connectivity index (χ1v) is 7.85. The van der Waals surface area contributed by atoms with Crippen LogP contribution in [0.2, 0.25) is 0 Å². The summed E-state index contributed by atoms with van der Waals surface area (Å²) in [5.41, 5.74) is 2.05. The van der Waals surface area contributed by atoms with Crippen molar-refractivity contribution in [3.05, 3.63) is 35.5 Å². The summed E-state index contributed by atoms with van der Waals surface area (Å²) in [7, 11) is 0. The highest BCUT2D eigenvalue weighted by Crippen LogP contribution is 2.31. The number of aryl methyl sites for hydroxylation is 1. The van der Waals surface area contributed by atoms with Crippen molar-refractivity contribution in [3.63, 3.8) is 0 Å². The number of carbonyl (C=O) groups excluding carboxylic acids is 1. The average molecular weight is 319 g/mol. The molecule has 23 heavy (non-hydrogen) atoms. The fraction of sp³-hybridized carbons (Fsp3) is 0.412. The number of halogens is 2. The van der Waals surface area contributed by atoms with Crippen molar-refractivity contribution < 1.29 is 13.6 Å². The fourth-order valence-electron chi connectivity index (χ4n) is 3.10. The molecule has 0 aliphatic heterocycles. The van der Waals surface area contributed by atoms with Crippen molar-refractivity contribution in [1.82, 2.24) is 10.2 Å². The Morgan fingerprint density at radius 2 is 2.04 bits per heavy atom. The molecule has 1 fully saturated rings. The first-order valence-electron chi connectivity index (χ1n) is 7.85. The van der Waals surface area contributed by atoms with E-state index in [0.29, 0.717) is 35.0 Å². The molecule has 2 aromatic rings. The highest BCUT2D eigenvalue weighted by atomic mass is 19.2.